The first kappa shape index (κ1) is 9.86. The average Bonchev–Trinajstić information content (AvgIpc) is 2.30. The van der Waals surface area contributed by atoms with Gasteiger partial charge in [-0.15, -0.1) is 0 Å². The molecule has 0 aliphatic rings. The number of anilines is 1. The first-order valence-electron chi connectivity index (χ1n) is 4.46. The third-order valence-electron chi connectivity index (χ3n) is 1.81. The minimum Gasteiger partial charge on any atom is -0.364 e. The van der Waals surface area contributed by atoms with E-state index in [0.29, 0.717) is 11.6 Å². The minimum absolute atomic E-state index is 0.600. The van der Waals surface area contributed by atoms with Gasteiger partial charge >= 0.3 is 0 Å². The molecule has 1 N–H and O–H groups in total. The second kappa shape index (κ2) is 4.70. The van der Waals surface area contributed by atoms with Crippen LogP contribution in [-0.4, -0.2) is 15.2 Å². The van der Waals surface area contributed by atoms with Gasteiger partial charge in [0.05, 0.1) is 17.3 Å². The van der Waals surface area contributed by atoms with Gasteiger partial charge in [0.1, 0.15) is 5.82 Å². The standard InChI is InChI=1S/C10H9ClN4/c11-8-3-4-10(12-6-8)13-7-9-2-1-5-14-15-9/h1-6H,7H2,(H,12,13). The maximum absolute atomic E-state index is 5.72. The first-order chi connectivity index (χ1) is 7.34. The Bertz CT molecular complexity index is 415. The molecule has 0 atom stereocenters. The number of hydrogen-bond acceptors (Lipinski definition) is 4. The molecule has 5 heteroatoms. The van der Waals surface area contributed by atoms with Gasteiger partial charge in [0.15, 0.2) is 0 Å². The maximum Gasteiger partial charge on any atom is 0.126 e. The van der Waals surface area contributed by atoms with Crippen LogP contribution >= 0.6 is 11.6 Å². The summed E-state index contributed by atoms with van der Waals surface area (Å²) in [5.74, 6) is 0.769. The van der Waals surface area contributed by atoms with Crippen LogP contribution in [-0.2, 0) is 6.54 Å². The predicted molar refractivity (Wildman–Crippen MR) is 58.6 cm³/mol. The van der Waals surface area contributed by atoms with Crippen molar-refractivity contribution in [1.29, 1.82) is 0 Å². The van der Waals surface area contributed by atoms with Gasteiger partial charge in [0.25, 0.3) is 0 Å². The van der Waals surface area contributed by atoms with Crippen LogP contribution in [0.5, 0.6) is 0 Å². The van der Waals surface area contributed by atoms with Gasteiger partial charge in [-0.2, -0.15) is 10.2 Å². The van der Waals surface area contributed by atoms with Gasteiger partial charge in [-0.1, -0.05) is 11.6 Å². The predicted octanol–water partition coefficient (Wildman–Crippen LogP) is 2.14. The molecular weight excluding hydrogens is 212 g/mol. The van der Waals surface area contributed by atoms with E-state index in [4.69, 9.17) is 11.6 Å². The van der Waals surface area contributed by atoms with Gasteiger partial charge in [0, 0.05) is 12.4 Å². The SMILES string of the molecule is Clc1ccc(NCc2cccnn2)nc1. The number of nitrogens with one attached hydrogen (secondary N) is 1. The molecule has 4 nitrogen and oxygen atoms in total. The Morgan fingerprint density at radius 3 is 2.87 bits per heavy atom. The molecule has 2 aromatic heterocycles. The Labute approximate surface area is 92.3 Å². The highest BCUT2D eigenvalue weighted by molar-refractivity contribution is 6.30. The van der Waals surface area contributed by atoms with Crippen LogP contribution in [0.1, 0.15) is 5.69 Å². The lowest BCUT2D eigenvalue weighted by molar-refractivity contribution is 0.920. The van der Waals surface area contributed by atoms with Gasteiger partial charge in [-0.05, 0) is 24.3 Å². The number of aromatic nitrogens is 3. The highest BCUT2D eigenvalue weighted by Gasteiger charge is 1.95. The molecule has 0 unspecified atom stereocenters. The number of rotatable bonds is 3. The minimum atomic E-state index is 0.600. The molecule has 2 rings (SSSR count). The van der Waals surface area contributed by atoms with Crippen molar-refractivity contribution in [3.63, 3.8) is 0 Å². The van der Waals surface area contributed by atoms with E-state index in [1.807, 2.05) is 18.2 Å². The summed E-state index contributed by atoms with van der Waals surface area (Å²) < 4.78 is 0. The van der Waals surface area contributed by atoms with Crippen molar-refractivity contribution < 1.29 is 0 Å². The second-order valence-corrected chi connectivity index (χ2v) is 3.37. The molecule has 0 aliphatic carbocycles. The van der Waals surface area contributed by atoms with E-state index in [-0.39, 0.29) is 0 Å². The topological polar surface area (TPSA) is 50.7 Å². The summed E-state index contributed by atoms with van der Waals surface area (Å²) in [6.07, 6.45) is 3.24. The Hall–Kier alpha value is -1.68. The Kier molecular flexibility index (Phi) is 3.09. The van der Waals surface area contributed by atoms with E-state index in [1.165, 1.54) is 0 Å². The Balaban J connectivity index is 1.96. The van der Waals surface area contributed by atoms with Crippen LogP contribution in [0, 0.1) is 0 Å². The van der Waals surface area contributed by atoms with Crippen molar-refractivity contribution in [2.45, 2.75) is 6.54 Å². The van der Waals surface area contributed by atoms with Crippen molar-refractivity contribution in [2.24, 2.45) is 0 Å². The molecule has 0 radical (unpaired) electrons. The summed E-state index contributed by atoms with van der Waals surface area (Å²) in [5.41, 5.74) is 0.870. The summed E-state index contributed by atoms with van der Waals surface area (Å²) in [4.78, 5) is 4.10. The summed E-state index contributed by atoms with van der Waals surface area (Å²) in [6, 6.07) is 7.35. The molecule has 0 saturated heterocycles. The molecule has 0 aliphatic heterocycles. The number of halogens is 1. The van der Waals surface area contributed by atoms with Gasteiger partial charge in [-0.25, -0.2) is 4.98 Å². The van der Waals surface area contributed by atoms with Gasteiger partial charge in [0.2, 0.25) is 0 Å². The van der Waals surface area contributed by atoms with Crippen molar-refractivity contribution in [3.05, 3.63) is 47.4 Å². The molecule has 0 bridgehead atoms. The van der Waals surface area contributed by atoms with Crippen LogP contribution in [0.3, 0.4) is 0 Å². The van der Waals surface area contributed by atoms with Gasteiger partial charge in [-0.3, -0.25) is 0 Å². The summed E-state index contributed by atoms with van der Waals surface area (Å²) in [6.45, 7) is 0.600. The Morgan fingerprint density at radius 2 is 2.20 bits per heavy atom. The fourth-order valence-corrected chi connectivity index (χ4v) is 1.20. The lowest BCUT2D eigenvalue weighted by Gasteiger charge is -2.03. The van der Waals surface area contributed by atoms with Crippen molar-refractivity contribution >= 4 is 17.4 Å². The van der Waals surface area contributed by atoms with Crippen molar-refractivity contribution in [2.75, 3.05) is 5.32 Å². The molecule has 76 valence electrons. The van der Waals surface area contributed by atoms with E-state index in [9.17, 15) is 0 Å². The van der Waals surface area contributed by atoms with E-state index in [1.54, 1.807) is 18.5 Å². The molecule has 0 amide bonds. The Morgan fingerprint density at radius 1 is 1.27 bits per heavy atom. The summed E-state index contributed by atoms with van der Waals surface area (Å²) >= 11 is 5.72. The summed E-state index contributed by atoms with van der Waals surface area (Å²) in [5, 5.41) is 11.5. The van der Waals surface area contributed by atoms with Crippen molar-refractivity contribution in [3.8, 4) is 0 Å². The van der Waals surface area contributed by atoms with Crippen LogP contribution in [0.4, 0.5) is 5.82 Å². The molecule has 2 aromatic rings. The average molecular weight is 221 g/mol. The third-order valence-corrected chi connectivity index (χ3v) is 2.03. The number of nitrogens with zero attached hydrogens (tertiary/aromatic N) is 3. The molecule has 0 aromatic carbocycles. The smallest absolute Gasteiger partial charge is 0.126 e. The largest absolute Gasteiger partial charge is 0.364 e. The van der Waals surface area contributed by atoms with E-state index < -0.39 is 0 Å². The quantitative estimate of drug-likeness (QED) is 0.861. The van der Waals surface area contributed by atoms with Crippen molar-refractivity contribution in [1.82, 2.24) is 15.2 Å². The zero-order valence-electron chi connectivity index (χ0n) is 7.89. The molecule has 2 heterocycles. The number of pyridine rings is 1. The lowest BCUT2D eigenvalue weighted by Crippen LogP contribution is -2.03. The third kappa shape index (κ3) is 2.89. The number of hydrogen-bond donors (Lipinski definition) is 1. The fourth-order valence-electron chi connectivity index (χ4n) is 1.09. The maximum atomic E-state index is 5.72. The fraction of sp³-hybridized carbons (Fsp3) is 0.100. The molecule has 15 heavy (non-hydrogen) atoms. The zero-order valence-corrected chi connectivity index (χ0v) is 8.65. The highest BCUT2D eigenvalue weighted by Crippen LogP contribution is 2.09. The lowest BCUT2D eigenvalue weighted by atomic mass is 10.4. The van der Waals surface area contributed by atoms with Crippen LogP contribution < -0.4 is 5.32 Å². The van der Waals surface area contributed by atoms with E-state index in [0.717, 1.165) is 11.5 Å². The van der Waals surface area contributed by atoms with Crippen LogP contribution in [0.2, 0.25) is 5.02 Å². The monoisotopic (exact) mass is 220 g/mol. The van der Waals surface area contributed by atoms with Gasteiger partial charge < -0.3 is 5.32 Å². The molecular formula is C10H9ClN4. The molecule has 0 saturated carbocycles. The highest BCUT2D eigenvalue weighted by atomic mass is 35.5. The molecule has 0 fully saturated rings. The van der Waals surface area contributed by atoms with E-state index in [2.05, 4.69) is 20.5 Å². The normalized spacial score (nSPS) is 9.93. The zero-order chi connectivity index (χ0) is 10.5. The summed E-state index contributed by atoms with van der Waals surface area (Å²) in [7, 11) is 0. The second-order valence-electron chi connectivity index (χ2n) is 2.93. The van der Waals surface area contributed by atoms with Crippen LogP contribution in [0.25, 0.3) is 0 Å². The molecule has 0 spiro atoms. The van der Waals surface area contributed by atoms with Crippen LogP contribution in [0.15, 0.2) is 36.7 Å². The first-order valence-corrected chi connectivity index (χ1v) is 4.84. The van der Waals surface area contributed by atoms with E-state index >= 15 is 0 Å².